The Morgan fingerprint density at radius 2 is 1.80 bits per heavy atom. The number of hydrogen-bond donors (Lipinski definition) is 1. The van der Waals surface area contributed by atoms with Crippen LogP contribution in [0.3, 0.4) is 0 Å². The molecule has 35 heavy (non-hydrogen) atoms. The maximum Gasteiger partial charge on any atom is 0.273 e. The summed E-state index contributed by atoms with van der Waals surface area (Å²) >= 11 is 2.67. The molecule has 176 valence electrons. The first kappa shape index (κ1) is 22.9. The number of aromatic amines is 1. The molecular weight excluding hydrogens is 489 g/mol. The van der Waals surface area contributed by atoms with E-state index in [1.807, 2.05) is 6.07 Å². The summed E-state index contributed by atoms with van der Waals surface area (Å²) in [6.07, 6.45) is 5.72. The fraction of sp³-hybridized carbons (Fsp3) is 0.208. The molecule has 1 fully saturated rings. The van der Waals surface area contributed by atoms with E-state index >= 15 is 0 Å². The summed E-state index contributed by atoms with van der Waals surface area (Å²) in [6, 6.07) is 5.84. The van der Waals surface area contributed by atoms with Crippen molar-refractivity contribution >= 4 is 45.3 Å². The van der Waals surface area contributed by atoms with Gasteiger partial charge in [-0.15, -0.1) is 29.1 Å². The summed E-state index contributed by atoms with van der Waals surface area (Å²) < 4.78 is 13.6. The predicted molar refractivity (Wildman–Crippen MR) is 131 cm³/mol. The van der Waals surface area contributed by atoms with Crippen molar-refractivity contribution in [2.45, 2.75) is 6.42 Å². The van der Waals surface area contributed by atoms with Gasteiger partial charge in [0.1, 0.15) is 11.5 Å². The van der Waals surface area contributed by atoms with Crippen LogP contribution >= 0.6 is 22.7 Å². The highest BCUT2D eigenvalue weighted by atomic mass is 32.1. The zero-order chi connectivity index (χ0) is 24.5. The topological polar surface area (TPSA) is 99.3 Å². The van der Waals surface area contributed by atoms with Crippen molar-refractivity contribution in [1.29, 1.82) is 0 Å². The molecule has 1 aliphatic rings. The summed E-state index contributed by atoms with van der Waals surface area (Å²) in [5.74, 6) is 1.64. The lowest BCUT2D eigenvalue weighted by atomic mass is 10.1. The molecule has 0 radical (unpaired) electrons. The van der Waals surface area contributed by atoms with Crippen LogP contribution in [0.1, 0.15) is 36.4 Å². The number of carbonyl (C=O) groups excluding carboxylic acids is 2. The zero-order valence-electron chi connectivity index (χ0n) is 18.3. The fourth-order valence-electron chi connectivity index (χ4n) is 3.98. The number of terminal acetylenes is 1. The van der Waals surface area contributed by atoms with Crippen LogP contribution in [-0.4, -0.2) is 63.0 Å². The maximum absolute atomic E-state index is 13.6. The Balaban J connectivity index is 1.24. The van der Waals surface area contributed by atoms with E-state index in [2.05, 4.69) is 21.1 Å². The highest BCUT2D eigenvalue weighted by Gasteiger charge is 2.27. The third-order valence-corrected chi connectivity index (χ3v) is 7.48. The number of carbonyl (C=O) groups is 2. The van der Waals surface area contributed by atoms with E-state index in [0.29, 0.717) is 59.9 Å². The molecule has 2 amide bonds. The zero-order valence-corrected chi connectivity index (χ0v) is 19.9. The Morgan fingerprint density at radius 3 is 2.51 bits per heavy atom. The van der Waals surface area contributed by atoms with Gasteiger partial charge in [0.2, 0.25) is 0 Å². The number of amides is 2. The summed E-state index contributed by atoms with van der Waals surface area (Å²) in [6.45, 7) is 1.65. The summed E-state index contributed by atoms with van der Waals surface area (Å²) in [4.78, 5) is 46.1. The standard InChI is InChI=1S/C24H18FN5O3S2/c1-2-21-26-20(13-35-21)24(33)30-7-5-29(6-8-30)23(32)14-9-16(34-12-14)11-19-17-4-3-15(25)10-18(17)22(31)28-27-19/h1,3-4,9-10,12-13H,5-8,11H2,(H,28,31). The molecule has 0 atom stereocenters. The first-order valence-electron chi connectivity index (χ1n) is 10.7. The number of fused-ring (bicyclic) bond motifs is 1. The number of piperazine rings is 1. The van der Waals surface area contributed by atoms with Crippen LogP contribution in [0.5, 0.6) is 0 Å². The molecule has 3 aromatic heterocycles. The molecule has 0 aliphatic carbocycles. The first-order valence-corrected chi connectivity index (χ1v) is 12.4. The number of hydrogen-bond acceptors (Lipinski definition) is 7. The number of H-pyrrole nitrogens is 1. The third kappa shape index (κ3) is 4.58. The minimum absolute atomic E-state index is 0.107. The monoisotopic (exact) mass is 507 g/mol. The van der Waals surface area contributed by atoms with Gasteiger partial charge in [-0.25, -0.2) is 14.5 Å². The number of aromatic nitrogens is 3. The van der Waals surface area contributed by atoms with Gasteiger partial charge >= 0.3 is 0 Å². The molecule has 11 heteroatoms. The van der Waals surface area contributed by atoms with E-state index < -0.39 is 11.4 Å². The minimum atomic E-state index is -0.491. The van der Waals surface area contributed by atoms with Gasteiger partial charge in [0.15, 0.2) is 5.01 Å². The van der Waals surface area contributed by atoms with E-state index in [0.717, 1.165) is 4.88 Å². The van der Waals surface area contributed by atoms with Crippen molar-refractivity contribution in [2.75, 3.05) is 26.2 Å². The van der Waals surface area contributed by atoms with Crippen LogP contribution in [0, 0.1) is 18.2 Å². The molecule has 4 heterocycles. The predicted octanol–water partition coefficient (Wildman–Crippen LogP) is 2.75. The van der Waals surface area contributed by atoms with Crippen LogP contribution in [-0.2, 0) is 6.42 Å². The average Bonchev–Trinajstić information content (AvgIpc) is 3.55. The minimum Gasteiger partial charge on any atom is -0.335 e. The van der Waals surface area contributed by atoms with Gasteiger partial charge in [-0.05, 0) is 30.2 Å². The van der Waals surface area contributed by atoms with Crippen molar-refractivity contribution in [3.63, 3.8) is 0 Å². The smallest absolute Gasteiger partial charge is 0.273 e. The van der Waals surface area contributed by atoms with E-state index in [-0.39, 0.29) is 17.2 Å². The van der Waals surface area contributed by atoms with Crippen LogP contribution in [0.2, 0.25) is 0 Å². The van der Waals surface area contributed by atoms with E-state index in [1.54, 1.807) is 26.6 Å². The van der Waals surface area contributed by atoms with Crippen molar-refractivity contribution < 1.29 is 14.0 Å². The Hall–Kier alpha value is -3.88. The van der Waals surface area contributed by atoms with Gasteiger partial charge in [-0.1, -0.05) is 0 Å². The lowest BCUT2D eigenvalue weighted by Gasteiger charge is -2.34. The molecule has 0 unspecified atom stereocenters. The number of halogens is 1. The Kier molecular flexibility index (Phi) is 6.15. The van der Waals surface area contributed by atoms with Gasteiger partial charge in [-0.3, -0.25) is 14.4 Å². The van der Waals surface area contributed by atoms with E-state index in [4.69, 9.17) is 6.42 Å². The van der Waals surface area contributed by atoms with Crippen molar-refractivity contribution in [1.82, 2.24) is 25.0 Å². The van der Waals surface area contributed by atoms with Gasteiger partial charge in [0, 0.05) is 53.6 Å². The second-order valence-corrected chi connectivity index (χ2v) is 9.79. The largest absolute Gasteiger partial charge is 0.335 e. The molecule has 0 spiro atoms. The van der Waals surface area contributed by atoms with Crippen molar-refractivity contribution in [3.05, 3.63) is 78.0 Å². The molecule has 1 N–H and O–H groups in total. The van der Waals surface area contributed by atoms with Gasteiger partial charge in [0.05, 0.1) is 16.6 Å². The summed E-state index contributed by atoms with van der Waals surface area (Å²) in [5.41, 5.74) is 1.04. The second kappa shape index (κ2) is 9.40. The molecule has 1 aliphatic heterocycles. The number of nitrogens with zero attached hydrogens (tertiary/aromatic N) is 4. The van der Waals surface area contributed by atoms with Gasteiger partial charge < -0.3 is 9.80 Å². The normalized spacial score (nSPS) is 13.7. The van der Waals surface area contributed by atoms with Crippen LogP contribution in [0.25, 0.3) is 10.8 Å². The molecule has 5 rings (SSSR count). The first-order chi connectivity index (χ1) is 16.9. The molecule has 1 saturated heterocycles. The molecule has 0 saturated carbocycles. The van der Waals surface area contributed by atoms with Gasteiger partial charge in [-0.2, -0.15) is 5.10 Å². The molecule has 0 bridgehead atoms. The molecule has 8 nitrogen and oxygen atoms in total. The van der Waals surface area contributed by atoms with Crippen LogP contribution in [0.4, 0.5) is 4.39 Å². The molecular formula is C24H18FN5O3S2. The Bertz CT molecular complexity index is 1540. The van der Waals surface area contributed by atoms with Crippen molar-refractivity contribution in [2.24, 2.45) is 0 Å². The Labute approximate surface area is 207 Å². The lowest BCUT2D eigenvalue weighted by Crippen LogP contribution is -2.50. The Morgan fingerprint density at radius 1 is 1.06 bits per heavy atom. The van der Waals surface area contributed by atoms with Crippen LogP contribution < -0.4 is 5.56 Å². The number of rotatable bonds is 4. The van der Waals surface area contributed by atoms with E-state index in [9.17, 15) is 18.8 Å². The SMILES string of the molecule is C#Cc1nc(C(=O)N2CCN(C(=O)c3csc(Cc4n[nH]c(=O)c5cc(F)ccc45)c3)CC2)cs1. The second-order valence-electron chi connectivity index (χ2n) is 7.93. The number of nitrogens with one attached hydrogen (secondary N) is 1. The molecule has 4 aromatic rings. The highest BCUT2D eigenvalue weighted by Crippen LogP contribution is 2.23. The number of thiophene rings is 1. The van der Waals surface area contributed by atoms with E-state index in [1.165, 1.54) is 34.8 Å². The maximum atomic E-state index is 13.6. The highest BCUT2D eigenvalue weighted by molar-refractivity contribution is 7.10. The fourth-order valence-corrected chi connectivity index (χ4v) is 5.43. The van der Waals surface area contributed by atoms with Gasteiger partial charge in [0.25, 0.3) is 17.4 Å². The quantitative estimate of drug-likeness (QED) is 0.429. The lowest BCUT2D eigenvalue weighted by molar-refractivity contribution is 0.0533. The average molecular weight is 508 g/mol. The number of thiazole rings is 1. The summed E-state index contributed by atoms with van der Waals surface area (Å²) in [5, 5.41) is 11.3. The molecule has 1 aromatic carbocycles. The van der Waals surface area contributed by atoms with Crippen molar-refractivity contribution in [3.8, 4) is 12.3 Å². The number of benzene rings is 1. The third-order valence-electron chi connectivity index (χ3n) is 5.77. The van der Waals surface area contributed by atoms with Crippen LogP contribution in [0.15, 0.2) is 39.8 Å². The summed E-state index contributed by atoms with van der Waals surface area (Å²) in [7, 11) is 0.